The predicted octanol–water partition coefficient (Wildman–Crippen LogP) is 2.39. The van der Waals surface area contributed by atoms with Crippen LogP contribution in [0.4, 0.5) is 0 Å². The van der Waals surface area contributed by atoms with Gasteiger partial charge in [-0.2, -0.15) is 0 Å². The number of piperidine rings is 1. The zero-order valence-electron chi connectivity index (χ0n) is 11.2. The van der Waals surface area contributed by atoms with E-state index < -0.39 is 0 Å². The zero-order valence-corrected chi connectivity index (χ0v) is 12.0. The molecule has 1 aliphatic carbocycles. The van der Waals surface area contributed by atoms with Crippen LogP contribution < -0.4 is 10.6 Å². The molecule has 4 heteroatoms. The summed E-state index contributed by atoms with van der Waals surface area (Å²) in [5.74, 6) is 2.29. The second kappa shape index (κ2) is 6.06. The largest absolute Gasteiger partial charge is 0.351 e. The molecule has 1 amide bonds. The maximum Gasteiger partial charge on any atom is 0.220 e. The van der Waals surface area contributed by atoms with Crippen molar-refractivity contribution in [3.63, 3.8) is 0 Å². The van der Waals surface area contributed by atoms with Crippen LogP contribution >= 0.6 is 11.3 Å². The predicted molar refractivity (Wildman–Crippen MR) is 78.0 cm³/mol. The van der Waals surface area contributed by atoms with E-state index in [2.05, 4.69) is 22.1 Å². The van der Waals surface area contributed by atoms with Crippen LogP contribution in [-0.4, -0.2) is 19.0 Å². The van der Waals surface area contributed by atoms with Gasteiger partial charge in [0.25, 0.3) is 0 Å². The normalized spacial score (nSPS) is 30.0. The van der Waals surface area contributed by atoms with Gasteiger partial charge in [0.1, 0.15) is 0 Å². The molecule has 1 saturated heterocycles. The number of nitrogens with one attached hydrogen (secondary N) is 2. The second-order valence-corrected chi connectivity index (χ2v) is 6.87. The van der Waals surface area contributed by atoms with Crippen molar-refractivity contribution in [3.8, 4) is 0 Å². The molecule has 104 valence electrons. The Morgan fingerprint density at radius 2 is 2.16 bits per heavy atom. The molecule has 1 aromatic heterocycles. The minimum atomic E-state index is 0.234. The van der Waals surface area contributed by atoms with Gasteiger partial charge in [0.15, 0.2) is 0 Å². The first-order valence-electron chi connectivity index (χ1n) is 7.32. The van der Waals surface area contributed by atoms with Crippen molar-refractivity contribution in [1.82, 2.24) is 10.6 Å². The summed E-state index contributed by atoms with van der Waals surface area (Å²) >= 11 is 1.70. The average Bonchev–Trinajstić information content (AvgIpc) is 2.89. The maximum atomic E-state index is 12.1. The summed E-state index contributed by atoms with van der Waals surface area (Å²) in [4.78, 5) is 13.3. The quantitative estimate of drug-likeness (QED) is 0.888. The molecule has 2 N–H and O–H groups in total. The summed E-state index contributed by atoms with van der Waals surface area (Å²) in [5.41, 5.74) is 0. The van der Waals surface area contributed by atoms with Crippen molar-refractivity contribution < 1.29 is 4.79 Å². The lowest BCUT2D eigenvalue weighted by molar-refractivity contribution is -0.123. The fourth-order valence-electron chi connectivity index (χ4n) is 3.63. The SMILES string of the molecule is O=C(CC1[C@H]2CCC[C@H]1CNC2)NCc1cccs1. The molecular weight excluding hydrogens is 256 g/mol. The van der Waals surface area contributed by atoms with E-state index in [1.54, 1.807) is 11.3 Å². The lowest BCUT2D eigenvalue weighted by Gasteiger charge is -2.42. The van der Waals surface area contributed by atoms with Crippen LogP contribution in [0.2, 0.25) is 0 Å². The van der Waals surface area contributed by atoms with Crippen molar-refractivity contribution in [2.45, 2.75) is 32.2 Å². The van der Waals surface area contributed by atoms with Gasteiger partial charge in [0.05, 0.1) is 6.54 Å². The van der Waals surface area contributed by atoms with E-state index in [1.807, 2.05) is 6.07 Å². The van der Waals surface area contributed by atoms with Crippen LogP contribution in [0, 0.1) is 17.8 Å². The summed E-state index contributed by atoms with van der Waals surface area (Å²) in [6, 6.07) is 4.10. The van der Waals surface area contributed by atoms with Crippen molar-refractivity contribution in [1.29, 1.82) is 0 Å². The Morgan fingerprint density at radius 3 is 2.84 bits per heavy atom. The summed E-state index contributed by atoms with van der Waals surface area (Å²) in [7, 11) is 0. The number of hydrogen-bond donors (Lipinski definition) is 2. The molecule has 0 spiro atoms. The zero-order chi connectivity index (χ0) is 13.1. The van der Waals surface area contributed by atoms with Crippen LogP contribution in [0.25, 0.3) is 0 Å². The first-order valence-corrected chi connectivity index (χ1v) is 8.20. The summed E-state index contributed by atoms with van der Waals surface area (Å²) in [5, 5.41) is 8.64. The molecule has 1 aliphatic heterocycles. The van der Waals surface area contributed by atoms with Gasteiger partial charge in [0.2, 0.25) is 5.91 Å². The molecule has 3 nitrogen and oxygen atoms in total. The van der Waals surface area contributed by atoms with E-state index in [1.165, 1.54) is 24.1 Å². The molecule has 0 aromatic carbocycles. The molecule has 2 bridgehead atoms. The van der Waals surface area contributed by atoms with Crippen LogP contribution in [0.15, 0.2) is 17.5 Å². The number of fused-ring (bicyclic) bond motifs is 2. The van der Waals surface area contributed by atoms with E-state index in [4.69, 9.17) is 0 Å². The van der Waals surface area contributed by atoms with Crippen LogP contribution in [0.3, 0.4) is 0 Å². The van der Waals surface area contributed by atoms with Gasteiger partial charge in [-0.1, -0.05) is 12.5 Å². The molecule has 0 unspecified atom stereocenters. The first kappa shape index (κ1) is 13.1. The first-order chi connectivity index (χ1) is 9.33. The number of carbonyl (C=O) groups excluding carboxylic acids is 1. The average molecular weight is 278 g/mol. The monoisotopic (exact) mass is 278 g/mol. The number of carbonyl (C=O) groups is 1. The number of hydrogen-bond acceptors (Lipinski definition) is 3. The Balaban J connectivity index is 1.51. The third-order valence-corrected chi connectivity index (χ3v) is 5.51. The van der Waals surface area contributed by atoms with Crippen LogP contribution in [0.1, 0.15) is 30.6 Å². The standard InChI is InChI=1S/C15H22N2OS/c18-15(17-10-13-5-2-6-19-13)7-14-11-3-1-4-12(14)9-16-8-11/h2,5-6,11-12,14,16H,1,3-4,7-10H2,(H,17,18)/t11-,12-/m0/s1. The molecule has 3 rings (SSSR count). The Hall–Kier alpha value is -0.870. The maximum absolute atomic E-state index is 12.1. The lowest BCUT2D eigenvalue weighted by Crippen LogP contribution is -2.47. The Morgan fingerprint density at radius 1 is 1.37 bits per heavy atom. The van der Waals surface area contributed by atoms with Gasteiger partial charge >= 0.3 is 0 Å². The molecule has 2 fully saturated rings. The minimum absolute atomic E-state index is 0.234. The summed E-state index contributed by atoms with van der Waals surface area (Å²) < 4.78 is 0. The number of thiophene rings is 1. The summed E-state index contributed by atoms with van der Waals surface area (Å²) in [6.45, 7) is 2.91. The molecule has 2 heterocycles. The van der Waals surface area contributed by atoms with E-state index in [0.717, 1.165) is 31.3 Å². The molecule has 0 radical (unpaired) electrons. The van der Waals surface area contributed by atoms with E-state index in [9.17, 15) is 4.79 Å². The van der Waals surface area contributed by atoms with Crippen molar-refractivity contribution in [2.24, 2.45) is 17.8 Å². The Labute approximate surface area is 118 Å². The highest BCUT2D eigenvalue weighted by Gasteiger charge is 2.37. The van der Waals surface area contributed by atoms with Gasteiger partial charge in [0, 0.05) is 11.3 Å². The van der Waals surface area contributed by atoms with Gasteiger partial charge in [-0.15, -0.1) is 11.3 Å². The van der Waals surface area contributed by atoms with Crippen LogP contribution in [-0.2, 0) is 11.3 Å². The van der Waals surface area contributed by atoms with E-state index in [0.29, 0.717) is 12.5 Å². The summed E-state index contributed by atoms with van der Waals surface area (Å²) in [6.07, 6.45) is 4.67. The fourth-order valence-corrected chi connectivity index (χ4v) is 4.28. The van der Waals surface area contributed by atoms with Gasteiger partial charge in [-0.05, 0) is 55.1 Å². The molecule has 2 atom stereocenters. The molecular formula is C15H22N2OS. The van der Waals surface area contributed by atoms with Gasteiger partial charge in [-0.25, -0.2) is 0 Å². The van der Waals surface area contributed by atoms with E-state index >= 15 is 0 Å². The Bertz CT molecular complexity index is 396. The van der Waals surface area contributed by atoms with Crippen molar-refractivity contribution in [3.05, 3.63) is 22.4 Å². The van der Waals surface area contributed by atoms with Crippen molar-refractivity contribution in [2.75, 3.05) is 13.1 Å². The molecule has 19 heavy (non-hydrogen) atoms. The second-order valence-electron chi connectivity index (χ2n) is 5.83. The fraction of sp³-hybridized carbons (Fsp3) is 0.667. The third kappa shape index (κ3) is 3.18. The smallest absolute Gasteiger partial charge is 0.220 e. The highest BCUT2D eigenvalue weighted by molar-refractivity contribution is 7.09. The number of rotatable bonds is 4. The van der Waals surface area contributed by atoms with Gasteiger partial charge in [-0.3, -0.25) is 4.79 Å². The number of amides is 1. The molecule has 1 aromatic rings. The topological polar surface area (TPSA) is 41.1 Å². The lowest BCUT2D eigenvalue weighted by atomic mass is 9.68. The van der Waals surface area contributed by atoms with Crippen LogP contribution in [0.5, 0.6) is 0 Å². The molecule has 1 saturated carbocycles. The highest BCUT2D eigenvalue weighted by atomic mass is 32.1. The molecule has 2 aliphatic rings. The van der Waals surface area contributed by atoms with Crippen molar-refractivity contribution >= 4 is 17.2 Å². The third-order valence-electron chi connectivity index (χ3n) is 4.63. The van der Waals surface area contributed by atoms with E-state index in [-0.39, 0.29) is 5.91 Å². The van der Waals surface area contributed by atoms with Gasteiger partial charge < -0.3 is 10.6 Å². The minimum Gasteiger partial charge on any atom is -0.351 e. The Kier molecular flexibility index (Phi) is 4.18. The highest BCUT2D eigenvalue weighted by Crippen LogP contribution is 2.38.